The second kappa shape index (κ2) is 7.28. The molecule has 0 aliphatic heterocycles. The van der Waals surface area contributed by atoms with Crippen molar-refractivity contribution in [3.05, 3.63) is 157 Å². The smallest absolute Gasteiger partial charge is 0.158 e. The highest BCUT2D eigenvalue weighted by Gasteiger charge is 3.00. The summed E-state index contributed by atoms with van der Waals surface area (Å²) in [6.45, 7) is -0.341. The van der Waals surface area contributed by atoms with E-state index in [9.17, 15) is 9.90 Å². The van der Waals surface area contributed by atoms with Gasteiger partial charge in [-0.25, -0.2) is 0 Å². The molecule has 2 spiro atoms. The summed E-state index contributed by atoms with van der Waals surface area (Å²) in [7, 11) is 0. The molecule has 0 heterocycles. The molecule has 14 unspecified atom stereocenters. The molecule has 18 rings (SSSR count). The maximum atomic E-state index is 13.0. The standard InChI is InChI=1S/C52H36O2/c53-19-21(54)7-4-18-50(20-5-2-1-3-6-20)51-46-30-16-14-28-26-12-10-24-22-8-9-23-25-11-13-27-29-15-17-31(30)47(51)39(29)43-37(27)35(25)41-33(23)32(22)40-34(24)36(26)42(38(28)46)48-44(40)45(41)49(43)52(48,50)51/h1-3,5-6,8-12,14-17,22-24,30-33,38-39,46-47,53H,4,7,13,18-19H2. The van der Waals surface area contributed by atoms with E-state index in [1.54, 1.807) is 83.5 Å². The number of hydrogen-bond donors (Lipinski definition) is 1. The molecule has 2 nitrogen and oxygen atoms in total. The highest BCUT2D eigenvalue weighted by atomic mass is 16.3. The number of fused-ring (bicyclic) bond motifs is 3. The number of carbonyl (C=O) groups is 1. The van der Waals surface area contributed by atoms with Gasteiger partial charge in [0.15, 0.2) is 5.78 Å². The Bertz CT molecular complexity index is 2920. The van der Waals surface area contributed by atoms with Crippen LogP contribution in [0.2, 0.25) is 0 Å². The number of aliphatic hydroxyl groups is 1. The monoisotopic (exact) mass is 692 g/mol. The third-order valence-electron chi connectivity index (χ3n) is 19.9. The second-order valence-corrected chi connectivity index (χ2v) is 20.1. The molecule has 0 bridgehead atoms. The normalized spacial score (nSPS) is 45.5. The highest BCUT2D eigenvalue weighted by Crippen LogP contribution is 3.02. The fourth-order valence-electron chi connectivity index (χ4n) is 19.8. The summed E-state index contributed by atoms with van der Waals surface area (Å²) in [5, 5.41) is 10.00. The largest absolute Gasteiger partial charge is 0.389 e. The molecule has 0 aromatic heterocycles. The van der Waals surface area contributed by atoms with Crippen molar-refractivity contribution in [1.29, 1.82) is 0 Å². The average Bonchev–Trinajstić information content (AvgIpc) is 3.86. The first-order valence-corrected chi connectivity index (χ1v) is 21.3. The molecule has 0 radical (unpaired) electrons. The lowest BCUT2D eigenvalue weighted by Gasteiger charge is -2.48. The van der Waals surface area contributed by atoms with Gasteiger partial charge < -0.3 is 5.11 Å². The number of allylic oxidation sites excluding steroid dienone is 14. The molecule has 1 N–H and O–H groups in total. The van der Waals surface area contributed by atoms with Crippen LogP contribution < -0.4 is 0 Å². The quantitative estimate of drug-likeness (QED) is 0.262. The summed E-state index contributed by atoms with van der Waals surface area (Å²) in [5.41, 5.74) is 30.7. The van der Waals surface area contributed by atoms with Gasteiger partial charge in [0.1, 0.15) is 6.61 Å². The number of hydrogen-bond acceptors (Lipinski definition) is 2. The number of carbonyl (C=O) groups excluding carboxylic acids is 1. The third kappa shape index (κ3) is 1.90. The van der Waals surface area contributed by atoms with E-state index in [4.69, 9.17) is 0 Å². The van der Waals surface area contributed by atoms with Crippen LogP contribution in [0.25, 0.3) is 27.8 Å². The lowest BCUT2D eigenvalue weighted by Crippen LogP contribution is -2.43. The predicted octanol–water partition coefficient (Wildman–Crippen LogP) is 9.42. The number of benzene rings is 3. The van der Waals surface area contributed by atoms with E-state index in [1.165, 1.54) is 5.56 Å². The van der Waals surface area contributed by atoms with Gasteiger partial charge in [-0.1, -0.05) is 85.0 Å². The van der Waals surface area contributed by atoms with Crippen molar-refractivity contribution in [3.63, 3.8) is 0 Å². The second-order valence-electron chi connectivity index (χ2n) is 20.1. The first kappa shape index (κ1) is 26.3. The van der Waals surface area contributed by atoms with E-state index >= 15 is 0 Å². The molecule has 15 aliphatic rings. The Balaban J connectivity index is 1.13. The van der Waals surface area contributed by atoms with Crippen LogP contribution in [-0.4, -0.2) is 17.5 Å². The molecule has 14 atom stereocenters. The molecule has 2 heteroatoms. The van der Waals surface area contributed by atoms with Gasteiger partial charge in [0, 0.05) is 52.3 Å². The first-order valence-electron chi connectivity index (χ1n) is 21.3. The third-order valence-corrected chi connectivity index (χ3v) is 19.9. The Morgan fingerprint density at radius 2 is 1.48 bits per heavy atom. The molecule has 15 aliphatic carbocycles. The fraction of sp³-hybridized carbons (Fsp3) is 0.365. The van der Waals surface area contributed by atoms with Crippen molar-refractivity contribution < 1.29 is 9.90 Å². The van der Waals surface area contributed by atoms with E-state index in [2.05, 4.69) is 85.0 Å². The van der Waals surface area contributed by atoms with E-state index in [-0.39, 0.29) is 28.6 Å². The van der Waals surface area contributed by atoms with Crippen LogP contribution >= 0.6 is 0 Å². The maximum absolute atomic E-state index is 13.0. The van der Waals surface area contributed by atoms with Gasteiger partial charge in [0.05, 0.1) is 0 Å². The molecular weight excluding hydrogens is 657 g/mol. The number of aliphatic hydroxyl groups excluding tert-OH is 1. The van der Waals surface area contributed by atoms with Crippen molar-refractivity contribution in [1.82, 2.24) is 0 Å². The lowest BCUT2D eigenvalue weighted by atomic mass is 9.54. The molecule has 3 aromatic carbocycles. The van der Waals surface area contributed by atoms with E-state index in [0.29, 0.717) is 71.5 Å². The molecule has 2 fully saturated rings. The molecule has 0 saturated heterocycles. The van der Waals surface area contributed by atoms with Gasteiger partial charge in [-0.2, -0.15) is 0 Å². The van der Waals surface area contributed by atoms with Gasteiger partial charge in [0.2, 0.25) is 0 Å². The average molecular weight is 693 g/mol. The zero-order chi connectivity index (χ0) is 34.3. The van der Waals surface area contributed by atoms with Gasteiger partial charge in [0.25, 0.3) is 0 Å². The Hall–Kier alpha value is -4.53. The van der Waals surface area contributed by atoms with E-state index in [0.717, 1.165) is 19.3 Å². The van der Waals surface area contributed by atoms with Crippen LogP contribution in [-0.2, 0) is 15.6 Å². The van der Waals surface area contributed by atoms with Crippen LogP contribution in [0.5, 0.6) is 0 Å². The molecular formula is C52H36O2. The zero-order valence-corrected chi connectivity index (χ0v) is 29.8. The minimum absolute atomic E-state index is 0.000366. The van der Waals surface area contributed by atoms with Crippen molar-refractivity contribution in [3.8, 4) is 11.1 Å². The van der Waals surface area contributed by atoms with E-state index < -0.39 is 0 Å². The predicted molar refractivity (Wildman–Crippen MR) is 207 cm³/mol. The highest BCUT2D eigenvalue weighted by molar-refractivity contribution is 6.11. The van der Waals surface area contributed by atoms with Gasteiger partial charge in [-0.3, -0.25) is 4.79 Å². The molecule has 0 amide bonds. The zero-order valence-electron chi connectivity index (χ0n) is 29.8. The Morgan fingerprint density at radius 1 is 0.704 bits per heavy atom. The van der Waals surface area contributed by atoms with E-state index in [1.807, 2.05) is 11.1 Å². The summed E-state index contributed by atoms with van der Waals surface area (Å²) in [4.78, 5) is 13.0. The van der Waals surface area contributed by atoms with Gasteiger partial charge in [-0.15, -0.1) is 0 Å². The summed E-state index contributed by atoms with van der Waals surface area (Å²) in [6.07, 6.45) is 27.6. The fourth-order valence-corrected chi connectivity index (χ4v) is 19.8. The van der Waals surface area contributed by atoms with Gasteiger partial charge in [-0.05, 0) is 155 Å². The van der Waals surface area contributed by atoms with Crippen molar-refractivity contribution in [2.24, 2.45) is 40.9 Å². The SMILES string of the molecule is O=C(CO)CCCC1(c2ccccc2)C23c4c5c6c7c8c4C4C9=C8CC=C7C7C=CC8C%10C=CC%11=C%12C=CC%13C(C=C9)C4C12C%13C%12c1c%11c%10c(c-5c13)C8C67. The van der Waals surface area contributed by atoms with Crippen LogP contribution in [0.15, 0.2) is 96.2 Å². The summed E-state index contributed by atoms with van der Waals surface area (Å²) in [5.74, 6) is 5.63. The van der Waals surface area contributed by atoms with Crippen LogP contribution in [0, 0.1) is 40.9 Å². The number of ketones is 1. The Labute approximate surface area is 313 Å². The molecule has 2 saturated carbocycles. The maximum Gasteiger partial charge on any atom is 0.158 e. The van der Waals surface area contributed by atoms with Gasteiger partial charge >= 0.3 is 0 Å². The molecule has 54 heavy (non-hydrogen) atoms. The Kier molecular flexibility index (Phi) is 3.55. The summed E-state index contributed by atoms with van der Waals surface area (Å²) in [6, 6.07) is 11.9. The summed E-state index contributed by atoms with van der Waals surface area (Å²) < 4.78 is 0. The van der Waals surface area contributed by atoms with Crippen LogP contribution in [0.1, 0.15) is 116 Å². The van der Waals surface area contributed by atoms with Crippen LogP contribution in [0.4, 0.5) is 0 Å². The number of Topliss-reactive ketones (excluding diaryl/α,β-unsaturated/α-hetero) is 1. The Morgan fingerprint density at radius 3 is 2.31 bits per heavy atom. The minimum atomic E-state index is -0.341. The molecule has 256 valence electrons. The first-order chi connectivity index (χ1) is 26.7. The van der Waals surface area contributed by atoms with Crippen molar-refractivity contribution >= 4 is 22.5 Å². The van der Waals surface area contributed by atoms with Crippen molar-refractivity contribution in [2.45, 2.75) is 66.1 Å². The topological polar surface area (TPSA) is 37.3 Å². The summed E-state index contributed by atoms with van der Waals surface area (Å²) >= 11 is 0. The number of rotatable bonds is 6. The molecule has 3 aromatic rings. The minimum Gasteiger partial charge on any atom is -0.389 e. The lowest BCUT2D eigenvalue weighted by molar-refractivity contribution is -0.121. The van der Waals surface area contributed by atoms with Crippen molar-refractivity contribution in [2.75, 3.05) is 6.61 Å². The van der Waals surface area contributed by atoms with Crippen LogP contribution in [0.3, 0.4) is 0 Å².